The lowest BCUT2D eigenvalue weighted by atomic mass is 10.1. The van der Waals surface area contributed by atoms with Crippen LogP contribution in [0.1, 0.15) is 16.8 Å². The maximum atomic E-state index is 13.1. The summed E-state index contributed by atoms with van der Waals surface area (Å²) in [6.07, 6.45) is 5.77. The molecule has 1 atom stereocenters. The summed E-state index contributed by atoms with van der Waals surface area (Å²) in [7, 11) is 0. The first-order valence-electron chi connectivity index (χ1n) is 9.84. The second-order valence-electron chi connectivity index (χ2n) is 6.98. The Labute approximate surface area is 184 Å². The number of piperazine rings is 1. The number of non-ortho nitro benzene ring substituents is 1. The SMILES string of the molecule is CSCC[C@H](NC(=O)c1cccc([N+](=O)[O-])c1)C(=O)N1CCN(c2ncccn2)CC1. The fraction of sp³-hybridized carbons (Fsp3) is 0.400. The van der Waals surface area contributed by atoms with E-state index in [-0.39, 0.29) is 17.2 Å². The van der Waals surface area contributed by atoms with Crippen LogP contribution in [0, 0.1) is 10.1 Å². The lowest BCUT2D eigenvalue weighted by Gasteiger charge is -2.36. The zero-order valence-corrected chi connectivity index (χ0v) is 18.0. The molecule has 1 fully saturated rings. The van der Waals surface area contributed by atoms with E-state index in [9.17, 15) is 19.7 Å². The van der Waals surface area contributed by atoms with Crippen molar-refractivity contribution in [3.05, 3.63) is 58.4 Å². The molecule has 2 amide bonds. The number of thioether (sulfide) groups is 1. The number of carbonyl (C=O) groups is 2. The maximum absolute atomic E-state index is 13.1. The maximum Gasteiger partial charge on any atom is 0.270 e. The van der Waals surface area contributed by atoms with Crippen molar-refractivity contribution in [3.8, 4) is 0 Å². The number of anilines is 1. The zero-order chi connectivity index (χ0) is 22.2. The van der Waals surface area contributed by atoms with Crippen LogP contribution in [0.15, 0.2) is 42.7 Å². The summed E-state index contributed by atoms with van der Waals surface area (Å²) in [5.41, 5.74) is -0.0129. The highest BCUT2D eigenvalue weighted by molar-refractivity contribution is 7.98. The fourth-order valence-corrected chi connectivity index (χ4v) is 3.77. The molecule has 0 saturated carbocycles. The lowest BCUT2D eigenvalue weighted by Crippen LogP contribution is -2.55. The highest BCUT2D eigenvalue weighted by atomic mass is 32.2. The number of hydrogen-bond acceptors (Lipinski definition) is 8. The molecule has 0 radical (unpaired) electrons. The largest absolute Gasteiger partial charge is 0.340 e. The Kier molecular flexibility index (Phi) is 7.76. The van der Waals surface area contributed by atoms with Crippen LogP contribution in [-0.2, 0) is 4.79 Å². The standard InChI is InChI=1S/C20H24N6O4S/c1-31-13-6-17(23-18(27)15-4-2-5-16(14-15)26(29)30)19(28)24-9-11-25(12-10-24)20-21-7-3-8-22-20/h2-5,7-8,14,17H,6,9-13H2,1H3,(H,23,27)/t17-/m0/s1. The van der Waals surface area contributed by atoms with Crippen LogP contribution in [-0.4, -0.2) is 75.8 Å². The predicted molar refractivity (Wildman–Crippen MR) is 118 cm³/mol. The van der Waals surface area contributed by atoms with E-state index < -0.39 is 16.9 Å². The highest BCUT2D eigenvalue weighted by Gasteiger charge is 2.29. The van der Waals surface area contributed by atoms with E-state index >= 15 is 0 Å². The van der Waals surface area contributed by atoms with Crippen molar-refractivity contribution in [2.75, 3.05) is 43.1 Å². The summed E-state index contributed by atoms with van der Waals surface area (Å²) in [6.45, 7) is 2.20. The van der Waals surface area contributed by atoms with Crippen molar-refractivity contribution in [2.24, 2.45) is 0 Å². The topological polar surface area (TPSA) is 122 Å². The van der Waals surface area contributed by atoms with Gasteiger partial charge in [0.15, 0.2) is 0 Å². The number of nitro groups is 1. The first kappa shape index (κ1) is 22.5. The average molecular weight is 445 g/mol. The van der Waals surface area contributed by atoms with Crippen molar-refractivity contribution in [1.82, 2.24) is 20.2 Å². The van der Waals surface area contributed by atoms with Gasteiger partial charge in [0.1, 0.15) is 6.04 Å². The van der Waals surface area contributed by atoms with Gasteiger partial charge in [0.05, 0.1) is 4.92 Å². The minimum atomic E-state index is -0.696. The third-order valence-corrected chi connectivity index (χ3v) is 5.60. The van der Waals surface area contributed by atoms with Gasteiger partial charge in [-0.3, -0.25) is 19.7 Å². The zero-order valence-electron chi connectivity index (χ0n) is 17.1. The number of rotatable bonds is 8. The van der Waals surface area contributed by atoms with E-state index in [4.69, 9.17) is 0 Å². The summed E-state index contributed by atoms with van der Waals surface area (Å²) >= 11 is 1.58. The Bertz CT molecular complexity index is 921. The number of nitrogens with one attached hydrogen (secondary N) is 1. The normalized spacial score (nSPS) is 14.7. The second kappa shape index (κ2) is 10.7. The Morgan fingerprint density at radius 3 is 2.55 bits per heavy atom. The third-order valence-electron chi connectivity index (χ3n) is 4.96. The molecule has 31 heavy (non-hydrogen) atoms. The number of nitro benzene ring substituents is 1. The quantitative estimate of drug-likeness (QED) is 0.481. The molecule has 1 aromatic carbocycles. The molecule has 1 aliphatic heterocycles. The summed E-state index contributed by atoms with van der Waals surface area (Å²) in [4.78, 5) is 48.5. The lowest BCUT2D eigenvalue weighted by molar-refractivity contribution is -0.384. The molecule has 0 bridgehead atoms. The van der Waals surface area contributed by atoms with Crippen molar-refractivity contribution in [3.63, 3.8) is 0 Å². The van der Waals surface area contributed by atoms with E-state index in [1.165, 1.54) is 24.3 Å². The Morgan fingerprint density at radius 1 is 1.19 bits per heavy atom. The average Bonchev–Trinajstić information content (AvgIpc) is 2.82. The molecule has 1 aromatic heterocycles. The summed E-state index contributed by atoms with van der Waals surface area (Å²) in [5, 5.41) is 13.8. The molecule has 1 saturated heterocycles. The number of hydrogen-bond donors (Lipinski definition) is 1. The molecule has 11 heteroatoms. The van der Waals surface area contributed by atoms with Crippen LogP contribution in [0.4, 0.5) is 11.6 Å². The van der Waals surface area contributed by atoms with Gasteiger partial charge >= 0.3 is 0 Å². The van der Waals surface area contributed by atoms with Crippen LogP contribution in [0.25, 0.3) is 0 Å². The van der Waals surface area contributed by atoms with Crippen molar-refractivity contribution in [1.29, 1.82) is 0 Å². The third kappa shape index (κ3) is 5.91. The van der Waals surface area contributed by atoms with E-state index in [2.05, 4.69) is 15.3 Å². The van der Waals surface area contributed by atoms with Crippen LogP contribution in [0.2, 0.25) is 0 Å². The molecular weight excluding hydrogens is 420 g/mol. The molecule has 0 spiro atoms. The first-order chi connectivity index (χ1) is 15.0. The summed E-state index contributed by atoms with van der Waals surface area (Å²) in [5.74, 6) is 0.678. The Hall–Kier alpha value is -3.21. The van der Waals surface area contributed by atoms with Gasteiger partial charge in [-0.1, -0.05) is 6.07 Å². The van der Waals surface area contributed by atoms with E-state index in [0.29, 0.717) is 44.3 Å². The molecule has 10 nitrogen and oxygen atoms in total. The number of amides is 2. The van der Waals surface area contributed by atoms with E-state index in [1.807, 2.05) is 11.2 Å². The van der Waals surface area contributed by atoms with Crippen molar-refractivity contribution in [2.45, 2.75) is 12.5 Å². The predicted octanol–water partition coefficient (Wildman–Crippen LogP) is 1.59. The van der Waals surface area contributed by atoms with Gasteiger partial charge in [0.25, 0.3) is 11.6 Å². The summed E-state index contributed by atoms with van der Waals surface area (Å²) < 4.78 is 0. The fourth-order valence-electron chi connectivity index (χ4n) is 3.30. The molecule has 1 N–H and O–H groups in total. The molecule has 2 heterocycles. The van der Waals surface area contributed by atoms with Crippen LogP contribution < -0.4 is 10.2 Å². The van der Waals surface area contributed by atoms with Gasteiger partial charge in [0, 0.05) is 56.3 Å². The molecule has 0 aliphatic carbocycles. The van der Waals surface area contributed by atoms with Crippen LogP contribution >= 0.6 is 11.8 Å². The molecule has 164 valence electrons. The van der Waals surface area contributed by atoms with Crippen molar-refractivity contribution >= 4 is 35.2 Å². The Morgan fingerprint density at radius 2 is 1.90 bits per heavy atom. The van der Waals surface area contributed by atoms with Crippen LogP contribution in [0.3, 0.4) is 0 Å². The number of nitrogens with zero attached hydrogens (tertiary/aromatic N) is 5. The first-order valence-corrected chi connectivity index (χ1v) is 11.2. The molecule has 1 aliphatic rings. The second-order valence-corrected chi connectivity index (χ2v) is 7.96. The van der Waals surface area contributed by atoms with Gasteiger partial charge in [-0.05, 0) is 30.6 Å². The molecular formula is C20H24N6O4S. The molecule has 0 unspecified atom stereocenters. The molecule has 3 rings (SSSR count). The van der Waals surface area contributed by atoms with E-state index in [0.717, 1.165) is 0 Å². The number of aromatic nitrogens is 2. The smallest absolute Gasteiger partial charge is 0.270 e. The van der Waals surface area contributed by atoms with Gasteiger partial charge in [-0.25, -0.2) is 9.97 Å². The van der Waals surface area contributed by atoms with Crippen molar-refractivity contribution < 1.29 is 14.5 Å². The molecule has 2 aromatic rings. The summed E-state index contributed by atoms with van der Waals surface area (Å²) in [6, 6.07) is 6.54. The Balaban J connectivity index is 1.65. The highest BCUT2D eigenvalue weighted by Crippen LogP contribution is 2.15. The van der Waals surface area contributed by atoms with Crippen LogP contribution in [0.5, 0.6) is 0 Å². The number of carbonyl (C=O) groups excluding carboxylic acids is 2. The number of benzene rings is 1. The minimum Gasteiger partial charge on any atom is -0.340 e. The van der Waals surface area contributed by atoms with E-state index in [1.54, 1.807) is 35.1 Å². The van der Waals surface area contributed by atoms with Gasteiger partial charge in [-0.2, -0.15) is 11.8 Å². The van der Waals surface area contributed by atoms with Gasteiger partial charge in [-0.15, -0.1) is 0 Å². The van der Waals surface area contributed by atoms with Gasteiger partial charge < -0.3 is 15.1 Å². The monoisotopic (exact) mass is 444 g/mol. The van der Waals surface area contributed by atoms with Gasteiger partial charge in [0.2, 0.25) is 11.9 Å². The minimum absolute atomic E-state index is 0.151.